The van der Waals surface area contributed by atoms with E-state index in [2.05, 4.69) is 31.1 Å². The highest BCUT2D eigenvalue weighted by Crippen LogP contribution is 2.35. The van der Waals surface area contributed by atoms with E-state index in [1.807, 2.05) is 0 Å². The molecule has 0 aromatic heterocycles. The minimum atomic E-state index is 0.879. The van der Waals surface area contributed by atoms with Crippen molar-refractivity contribution in [2.24, 2.45) is 17.8 Å². The number of hydrogen-bond acceptors (Lipinski definition) is 2. The lowest BCUT2D eigenvalue weighted by atomic mass is 9.77. The van der Waals surface area contributed by atoms with Crippen LogP contribution in [0.15, 0.2) is 0 Å². The number of rotatable bonds is 4. The third kappa shape index (κ3) is 3.48. The summed E-state index contributed by atoms with van der Waals surface area (Å²) in [6.07, 6.45) is 8.59. The molecule has 0 bridgehead atoms. The summed E-state index contributed by atoms with van der Waals surface area (Å²) in [5, 5.41) is 3.29. The van der Waals surface area contributed by atoms with E-state index in [9.17, 15) is 0 Å². The topological polar surface area (TPSA) is 15.3 Å². The normalized spacial score (nSPS) is 35.8. The lowest BCUT2D eigenvalue weighted by Gasteiger charge is -2.45. The Bertz CT molecular complexity index is 223. The summed E-state index contributed by atoms with van der Waals surface area (Å²) in [7, 11) is 2.07. The van der Waals surface area contributed by atoms with Gasteiger partial charge in [0, 0.05) is 6.04 Å². The van der Waals surface area contributed by atoms with Crippen molar-refractivity contribution in [2.75, 3.05) is 26.7 Å². The second kappa shape index (κ2) is 6.91. The molecule has 1 heterocycles. The van der Waals surface area contributed by atoms with Gasteiger partial charge in [0.25, 0.3) is 0 Å². The van der Waals surface area contributed by atoms with Gasteiger partial charge in [0.1, 0.15) is 0 Å². The fraction of sp³-hybridized carbons (Fsp3) is 1.00. The zero-order chi connectivity index (χ0) is 13.0. The van der Waals surface area contributed by atoms with E-state index >= 15 is 0 Å². The number of likely N-dealkylation sites (tertiary alicyclic amines) is 1. The molecule has 2 rings (SSSR count). The van der Waals surface area contributed by atoms with Crippen molar-refractivity contribution in [3.8, 4) is 0 Å². The van der Waals surface area contributed by atoms with Gasteiger partial charge < -0.3 is 5.32 Å². The average molecular weight is 252 g/mol. The van der Waals surface area contributed by atoms with E-state index in [1.54, 1.807) is 0 Å². The van der Waals surface area contributed by atoms with Crippen LogP contribution >= 0.6 is 0 Å². The maximum Gasteiger partial charge on any atom is 0.0146 e. The minimum absolute atomic E-state index is 0.879. The van der Waals surface area contributed by atoms with Gasteiger partial charge in [-0.25, -0.2) is 0 Å². The molecule has 0 radical (unpaired) electrons. The number of piperidine rings is 1. The van der Waals surface area contributed by atoms with E-state index < -0.39 is 0 Å². The third-order valence-electron chi connectivity index (χ3n) is 5.36. The van der Waals surface area contributed by atoms with Gasteiger partial charge >= 0.3 is 0 Å². The standard InChI is InChI=1S/C16H32N2/c1-13-5-4-6-14(2)16(13)18-11-8-15(9-12-18)7-10-17-3/h13-17H,4-12H2,1-3H3. The first-order chi connectivity index (χ1) is 8.72. The van der Waals surface area contributed by atoms with Gasteiger partial charge in [0.2, 0.25) is 0 Å². The van der Waals surface area contributed by atoms with Crippen LogP contribution in [0.3, 0.4) is 0 Å². The fourth-order valence-electron chi connectivity index (χ4n) is 4.27. The molecule has 2 atom stereocenters. The molecule has 1 aliphatic carbocycles. The van der Waals surface area contributed by atoms with Crippen LogP contribution < -0.4 is 5.32 Å². The maximum absolute atomic E-state index is 3.29. The van der Waals surface area contributed by atoms with Crippen LogP contribution in [0.4, 0.5) is 0 Å². The predicted molar refractivity (Wildman–Crippen MR) is 78.8 cm³/mol. The second-order valence-corrected chi connectivity index (χ2v) is 6.75. The lowest BCUT2D eigenvalue weighted by Crippen LogP contribution is -2.49. The van der Waals surface area contributed by atoms with Crippen molar-refractivity contribution >= 4 is 0 Å². The van der Waals surface area contributed by atoms with Crippen molar-refractivity contribution in [3.63, 3.8) is 0 Å². The summed E-state index contributed by atoms with van der Waals surface area (Å²) >= 11 is 0. The summed E-state index contributed by atoms with van der Waals surface area (Å²) in [4.78, 5) is 2.82. The van der Waals surface area contributed by atoms with E-state index in [4.69, 9.17) is 0 Å². The largest absolute Gasteiger partial charge is 0.320 e. The Morgan fingerprint density at radius 3 is 2.17 bits per heavy atom. The van der Waals surface area contributed by atoms with Gasteiger partial charge in [-0.2, -0.15) is 0 Å². The average Bonchev–Trinajstić information content (AvgIpc) is 2.37. The molecule has 2 unspecified atom stereocenters. The molecule has 2 fully saturated rings. The second-order valence-electron chi connectivity index (χ2n) is 6.75. The molecule has 1 aliphatic heterocycles. The third-order valence-corrected chi connectivity index (χ3v) is 5.36. The zero-order valence-corrected chi connectivity index (χ0v) is 12.6. The van der Waals surface area contributed by atoms with E-state index in [0.29, 0.717) is 0 Å². The predicted octanol–water partition coefficient (Wildman–Crippen LogP) is 3.13. The first-order valence-corrected chi connectivity index (χ1v) is 8.11. The Kier molecular flexibility index (Phi) is 5.50. The quantitative estimate of drug-likeness (QED) is 0.827. The SMILES string of the molecule is CNCCC1CCN(C2C(C)CCCC2C)CC1. The fourth-order valence-corrected chi connectivity index (χ4v) is 4.27. The van der Waals surface area contributed by atoms with Crippen molar-refractivity contribution in [3.05, 3.63) is 0 Å². The van der Waals surface area contributed by atoms with Crippen LogP contribution in [0.25, 0.3) is 0 Å². The van der Waals surface area contributed by atoms with Crippen LogP contribution in [-0.4, -0.2) is 37.6 Å². The van der Waals surface area contributed by atoms with Crippen molar-refractivity contribution in [1.29, 1.82) is 0 Å². The molecule has 0 amide bonds. The van der Waals surface area contributed by atoms with E-state index in [0.717, 1.165) is 23.8 Å². The van der Waals surface area contributed by atoms with Gasteiger partial charge in [0.05, 0.1) is 0 Å². The van der Waals surface area contributed by atoms with Gasteiger partial charge in [0.15, 0.2) is 0 Å². The number of nitrogens with one attached hydrogen (secondary N) is 1. The molecule has 2 nitrogen and oxygen atoms in total. The van der Waals surface area contributed by atoms with Crippen LogP contribution in [0, 0.1) is 17.8 Å². The van der Waals surface area contributed by atoms with Gasteiger partial charge in [-0.15, -0.1) is 0 Å². The highest BCUT2D eigenvalue weighted by molar-refractivity contribution is 4.88. The minimum Gasteiger partial charge on any atom is -0.320 e. The Balaban J connectivity index is 1.81. The Labute approximate surface area is 114 Å². The van der Waals surface area contributed by atoms with Crippen LogP contribution in [0.5, 0.6) is 0 Å². The molecule has 0 spiro atoms. The summed E-state index contributed by atoms with van der Waals surface area (Å²) in [6.45, 7) is 8.86. The Morgan fingerprint density at radius 2 is 1.61 bits per heavy atom. The molecule has 1 saturated heterocycles. The molecule has 2 heteroatoms. The van der Waals surface area contributed by atoms with Gasteiger partial charge in [-0.3, -0.25) is 4.90 Å². The van der Waals surface area contributed by atoms with Gasteiger partial charge in [-0.1, -0.05) is 20.3 Å². The number of nitrogens with zero attached hydrogens (tertiary/aromatic N) is 1. The van der Waals surface area contributed by atoms with Crippen molar-refractivity contribution in [2.45, 2.75) is 58.4 Å². The van der Waals surface area contributed by atoms with E-state index in [-0.39, 0.29) is 0 Å². The van der Waals surface area contributed by atoms with Crippen LogP contribution in [0.2, 0.25) is 0 Å². The first-order valence-electron chi connectivity index (χ1n) is 8.11. The Hall–Kier alpha value is -0.0800. The van der Waals surface area contributed by atoms with Crippen LogP contribution in [-0.2, 0) is 0 Å². The molecule has 1 N–H and O–H groups in total. The molecule has 0 aromatic rings. The Morgan fingerprint density at radius 1 is 1.00 bits per heavy atom. The molecule has 2 aliphatic rings. The summed E-state index contributed by atoms with van der Waals surface area (Å²) < 4.78 is 0. The van der Waals surface area contributed by atoms with Gasteiger partial charge in [-0.05, 0) is 76.5 Å². The lowest BCUT2D eigenvalue weighted by molar-refractivity contribution is 0.0401. The van der Waals surface area contributed by atoms with Crippen LogP contribution in [0.1, 0.15) is 52.4 Å². The molecule has 1 saturated carbocycles. The molecular weight excluding hydrogens is 220 g/mol. The number of hydrogen-bond donors (Lipinski definition) is 1. The molecule has 18 heavy (non-hydrogen) atoms. The molecular formula is C16H32N2. The van der Waals surface area contributed by atoms with Crippen molar-refractivity contribution < 1.29 is 0 Å². The van der Waals surface area contributed by atoms with Crippen molar-refractivity contribution in [1.82, 2.24) is 10.2 Å². The van der Waals surface area contributed by atoms with E-state index in [1.165, 1.54) is 58.2 Å². The summed E-state index contributed by atoms with van der Waals surface area (Å²) in [5.74, 6) is 2.81. The molecule has 0 aromatic carbocycles. The molecule has 106 valence electrons. The zero-order valence-electron chi connectivity index (χ0n) is 12.6. The first kappa shape index (κ1) is 14.3. The highest BCUT2D eigenvalue weighted by atomic mass is 15.2. The summed E-state index contributed by atoms with van der Waals surface area (Å²) in [5.41, 5.74) is 0. The monoisotopic (exact) mass is 252 g/mol. The summed E-state index contributed by atoms with van der Waals surface area (Å²) in [6, 6.07) is 0.879. The highest BCUT2D eigenvalue weighted by Gasteiger charge is 2.34. The maximum atomic E-state index is 3.29. The smallest absolute Gasteiger partial charge is 0.0146 e.